The van der Waals surface area contributed by atoms with E-state index < -0.39 is 11.6 Å². The van der Waals surface area contributed by atoms with Gasteiger partial charge in [-0.15, -0.1) is 0 Å². The lowest BCUT2D eigenvalue weighted by molar-refractivity contribution is -0.118. The minimum Gasteiger partial charge on any atom is -0.431 e. The van der Waals surface area contributed by atoms with Crippen molar-refractivity contribution in [2.75, 3.05) is 5.75 Å². The van der Waals surface area contributed by atoms with Crippen LogP contribution >= 0.6 is 11.8 Å². The summed E-state index contributed by atoms with van der Waals surface area (Å²) in [7, 11) is 0. The van der Waals surface area contributed by atoms with Gasteiger partial charge in [0.2, 0.25) is 5.91 Å². The molecule has 4 nitrogen and oxygen atoms in total. The summed E-state index contributed by atoms with van der Waals surface area (Å²) in [6.07, 6.45) is 0. The molecule has 0 aliphatic rings. The minimum atomic E-state index is -0.683. The Bertz CT molecular complexity index is 818. The van der Waals surface area contributed by atoms with E-state index in [0.29, 0.717) is 10.8 Å². The van der Waals surface area contributed by atoms with Crippen LogP contribution in [0.1, 0.15) is 5.56 Å². The molecule has 23 heavy (non-hydrogen) atoms. The molecule has 2 aromatic carbocycles. The number of hydrogen-bond donors (Lipinski definition) is 1. The Hall–Kier alpha value is -2.41. The van der Waals surface area contributed by atoms with Crippen molar-refractivity contribution in [3.05, 3.63) is 59.7 Å². The van der Waals surface area contributed by atoms with Crippen molar-refractivity contribution in [2.24, 2.45) is 0 Å². The first-order valence-electron chi connectivity index (χ1n) is 6.81. The lowest BCUT2D eigenvalue weighted by atomic mass is 10.2. The Kier molecular flexibility index (Phi) is 4.57. The van der Waals surface area contributed by atoms with Crippen molar-refractivity contribution >= 4 is 28.8 Å². The lowest BCUT2D eigenvalue weighted by Crippen LogP contribution is -2.25. The molecule has 1 aromatic heterocycles. The highest BCUT2D eigenvalue weighted by Gasteiger charge is 2.10. The summed E-state index contributed by atoms with van der Waals surface area (Å²) in [5.41, 5.74) is 1.61. The molecule has 0 fully saturated rings. The Labute approximate surface area is 134 Å². The molecule has 3 aromatic rings. The van der Waals surface area contributed by atoms with Gasteiger partial charge in [0.05, 0.1) is 5.75 Å². The van der Waals surface area contributed by atoms with E-state index in [1.54, 1.807) is 6.07 Å². The quantitative estimate of drug-likeness (QED) is 0.726. The molecular weight excluding hydrogens is 322 g/mol. The number of fused-ring (bicyclic) bond motifs is 1. The number of para-hydroxylation sites is 2. The molecule has 0 aliphatic carbocycles. The molecule has 0 atom stereocenters. The van der Waals surface area contributed by atoms with E-state index in [1.165, 1.54) is 6.07 Å². The van der Waals surface area contributed by atoms with Crippen molar-refractivity contribution in [2.45, 2.75) is 11.8 Å². The average Bonchev–Trinajstić information content (AvgIpc) is 2.95. The predicted octanol–water partition coefficient (Wildman–Crippen LogP) is 3.51. The van der Waals surface area contributed by atoms with Crippen molar-refractivity contribution in [3.8, 4) is 0 Å². The van der Waals surface area contributed by atoms with Crippen LogP contribution in [-0.4, -0.2) is 16.6 Å². The highest BCUT2D eigenvalue weighted by molar-refractivity contribution is 7.99. The molecular formula is C16H12F2N2O2S. The van der Waals surface area contributed by atoms with Crippen LogP contribution in [0.15, 0.2) is 52.1 Å². The summed E-state index contributed by atoms with van der Waals surface area (Å²) in [5, 5.41) is 2.97. The number of hydrogen-bond acceptors (Lipinski definition) is 4. The van der Waals surface area contributed by atoms with Gasteiger partial charge in [0, 0.05) is 18.2 Å². The van der Waals surface area contributed by atoms with E-state index in [0.717, 1.165) is 29.4 Å². The van der Waals surface area contributed by atoms with Gasteiger partial charge in [-0.3, -0.25) is 4.79 Å². The molecule has 3 rings (SSSR count). The minimum absolute atomic E-state index is 0.000927. The van der Waals surface area contributed by atoms with Crippen LogP contribution in [0.4, 0.5) is 8.78 Å². The van der Waals surface area contributed by atoms with Crippen molar-refractivity contribution < 1.29 is 18.0 Å². The zero-order valence-electron chi connectivity index (χ0n) is 11.9. The first kappa shape index (κ1) is 15.5. The molecule has 0 saturated heterocycles. The predicted molar refractivity (Wildman–Crippen MR) is 82.9 cm³/mol. The van der Waals surface area contributed by atoms with Crippen LogP contribution in [-0.2, 0) is 11.3 Å². The van der Waals surface area contributed by atoms with Gasteiger partial charge >= 0.3 is 0 Å². The number of benzene rings is 2. The van der Waals surface area contributed by atoms with E-state index >= 15 is 0 Å². The third-order valence-corrected chi connectivity index (χ3v) is 3.92. The molecule has 0 saturated carbocycles. The summed E-state index contributed by atoms with van der Waals surface area (Å²) in [4.78, 5) is 16.0. The Morgan fingerprint density at radius 1 is 1.22 bits per heavy atom. The van der Waals surface area contributed by atoms with Gasteiger partial charge < -0.3 is 9.73 Å². The first-order valence-corrected chi connectivity index (χ1v) is 7.79. The number of nitrogens with one attached hydrogen (secondary N) is 1. The molecule has 1 heterocycles. The van der Waals surface area contributed by atoms with Crippen molar-refractivity contribution in [3.63, 3.8) is 0 Å². The van der Waals surface area contributed by atoms with Crippen LogP contribution in [0.25, 0.3) is 11.1 Å². The second kappa shape index (κ2) is 6.78. The molecule has 0 aliphatic heterocycles. The Balaban J connectivity index is 1.53. The highest BCUT2D eigenvalue weighted by atomic mass is 32.2. The van der Waals surface area contributed by atoms with Gasteiger partial charge in [0.25, 0.3) is 5.22 Å². The van der Waals surface area contributed by atoms with E-state index in [2.05, 4.69) is 10.3 Å². The fraction of sp³-hybridized carbons (Fsp3) is 0.125. The number of oxazole rings is 1. The van der Waals surface area contributed by atoms with E-state index in [4.69, 9.17) is 4.42 Å². The summed E-state index contributed by atoms with van der Waals surface area (Å²) >= 11 is 1.15. The molecule has 0 bridgehead atoms. The van der Waals surface area contributed by atoms with Gasteiger partial charge in [-0.05, 0) is 18.2 Å². The lowest BCUT2D eigenvalue weighted by Gasteiger charge is -2.05. The third-order valence-electron chi connectivity index (χ3n) is 3.09. The number of nitrogens with zero attached hydrogens (tertiary/aromatic N) is 1. The fourth-order valence-electron chi connectivity index (χ4n) is 1.95. The van der Waals surface area contributed by atoms with Crippen LogP contribution in [0.5, 0.6) is 0 Å². The molecule has 0 unspecified atom stereocenters. The van der Waals surface area contributed by atoms with E-state index in [1.807, 2.05) is 18.2 Å². The van der Waals surface area contributed by atoms with Crippen molar-refractivity contribution in [1.82, 2.24) is 10.3 Å². The molecule has 1 amide bonds. The fourth-order valence-corrected chi connectivity index (χ4v) is 2.62. The number of rotatable bonds is 5. The van der Waals surface area contributed by atoms with Crippen LogP contribution in [0.2, 0.25) is 0 Å². The Morgan fingerprint density at radius 3 is 2.83 bits per heavy atom. The smallest absolute Gasteiger partial charge is 0.257 e. The zero-order chi connectivity index (χ0) is 16.2. The van der Waals surface area contributed by atoms with Gasteiger partial charge in [0.1, 0.15) is 17.2 Å². The maximum absolute atomic E-state index is 13.4. The normalized spacial score (nSPS) is 10.9. The number of carbonyl (C=O) groups is 1. The SMILES string of the molecule is O=C(CSc1nc2ccccc2o1)NCc1ccc(F)cc1F. The number of amides is 1. The van der Waals surface area contributed by atoms with Crippen LogP contribution in [0.3, 0.4) is 0 Å². The second-order valence-corrected chi connectivity index (χ2v) is 5.68. The van der Waals surface area contributed by atoms with Crippen LogP contribution in [0, 0.1) is 11.6 Å². The molecule has 0 radical (unpaired) electrons. The summed E-state index contributed by atoms with van der Waals surface area (Å²) in [6, 6.07) is 10.5. The monoisotopic (exact) mass is 334 g/mol. The van der Waals surface area contributed by atoms with Gasteiger partial charge in [-0.25, -0.2) is 13.8 Å². The zero-order valence-corrected chi connectivity index (χ0v) is 12.7. The summed E-state index contributed by atoms with van der Waals surface area (Å²) in [6.45, 7) is -0.000927. The number of carbonyl (C=O) groups excluding carboxylic acids is 1. The summed E-state index contributed by atoms with van der Waals surface area (Å²) in [5.74, 6) is -1.53. The average molecular weight is 334 g/mol. The molecule has 1 N–H and O–H groups in total. The number of thioether (sulfide) groups is 1. The van der Waals surface area contributed by atoms with Crippen LogP contribution < -0.4 is 5.32 Å². The largest absolute Gasteiger partial charge is 0.431 e. The topological polar surface area (TPSA) is 55.1 Å². The maximum atomic E-state index is 13.4. The van der Waals surface area contributed by atoms with Crippen molar-refractivity contribution in [1.29, 1.82) is 0 Å². The Morgan fingerprint density at radius 2 is 2.04 bits per heavy atom. The number of halogens is 2. The van der Waals surface area contributed by atoms with Gasteiger partial charge in [-0.2, -0.15) is 0 Å². The standard InChI is InChI=1S/C16H12F2N2O2S/c17-11-6-5-10(12(18)7-11)8-19-15(21)9-23-16-20-13-3-1-2-4-14(13)22-16/h1-7H,8-9H2,(H,19,21). The first-order chi connectivity index (χ1) is 11.1. The second-order valence-electron chi connectivity index (χ2n) is 4.75. The highest BCUT2D eigenvalue weighted by Crippen LogP contribution is 2.22. The van der Waals surface area contributed by atoms with Gasteiger partial charge in [-0.1, -0.05) is 30.0 Å². The maximum Gasteiger partial charge on any atom is 0.257 e. The summed E-state index contributed by atoms with van der Waals surface area (Å²) < 4.78 is 31.7. The molecule has 7 heteroatoms. The van der Waals surface area contributed by atoms with E-state index in [9.17, 15) is 13.6 Å². The third kappa shape index (κ3) is 3.87. The number of aromatic nitrogens is 1. The van der Waals surface area contributed by atoms with E-state index in [-0.39, 0.29) is 23.8 Å². The molecule has 118 valence electrons. The van der Waals surface area contributed by atoms with Gasteiger partial charge in [0.15, 0.2) is 5.58 Å². The molecule has 0 spiro atoms.